The summed E-state index contributed by atoms with van der Waals surface area (Å²) in [6, 6.07) is 5.55. The molecule has 0 N–H and O–H groups in total. The molecule has 1 heterocycles. The van der Waals surface area contributed by atoms with Crippen LogP contribution in [0.15, 0.2) is 36.9 Å². The molecule has 158 valence electrons. The van der Waals surface area contributed by atoms with Crippen LogP contribution in [0.4, 0.5) is 4.79 Å². The number of hydrogen-bond acceptors (Lipinski definition) is 5. The molecule has 1 aliphatic rings. The number of carbonyl (C=O) groups is 3. The number of likely N-dealkylation sites (tertiary alicyclic amines) is 1. The second-order valence-corrected chi connectivity index (χ2v) is 8.17. The number of nitrogens with zero attached hydrogens (tertiary/aromatic N) is 1. The first-order valence-electron chi connectivity index (χ1n) is 10.0. The summed E-state index contributed by atoms with van der Waals surface area (Å²) in [4.78, 5) is 40.9. The summed E-state index contributed by atoms with van der Waals surface area (Å²) in [6.07, 6.45) is 1.42. The van der Waals surface area contributed by atoms with Crippen LogP contribution in [0.3, 0.4) is 0 Å². The normalized spacial score (nSPS) is 21.8. The van der Waals surface area contributed by atoms with Crippen molar-refractivity contribution in [3.63, 3.8) is 0 Å². The quantitative estimate of drug-likeness (QED) is 0.530. The minimum Gasteiger partial charge on any atom is -0.464 e. The van der Waals surface area contributed by atoms with Gasteiger partial charge in [-0.2, -0.15) is 0 Å². The van der Waals surface area contributed by atoms with Gasteiger partial charge in [-0.1, -0.05) is 64.6 Å². The van der Waals surface area contributed by atoms with Crippen molar-refractivity contribution >= 4 is 17.8 Å². The van der Waals surface area contributed by atoms with E-state index in [2.05, 4.69) is 6.58 Å². The summed E-state index contributed by atoms with van der Waals surface area (Å²) in [5, 5.41) is 0. The summed E-state index contributed by atoms with van der Waals surface area (Å²) < 4.78 is 10.5. The van der Waals surface area contributed by atoms with Crippen molar-refractivity contribution in [2.75, 3.05) is 13.2 Å². The number of benzene rings is 1. The van der Waals surface area contributed by atoms with Crippen molar-refractivity contribution in [3.8, 4) is 0 Å². The van der Waals surface area contributed by atoms with Crippen LogP contribution in [-0.2, 0) is 25.5 Å². The Morgan fingerprint density at radius 1 is 1.17 bits per heavy atom. The Morgan fingerprint density at radius 3 is 2.38 bits per heavy atom. The molecule has 0 spiro atoms. The molecule has 0 aliphatic carbocycles. The molecule has 6 heteroatoms. The molecule has 0 bridgehead atoms. The summed E-state index contributed by atoms with van der Waals surface area (Å²) in [7, 11) is 0. The van der Waals surface area contributed by atoms with E-state index in [4.69, 9.17) is 9.47 Å². The second kappa shape index (κ2) is 9.25. The van der Waals surface area contributed by atoms with Gasteiger partial charge in [0.15, 0.2) is 5.78 Å². The van der Waals surface area contributed by atoms with Gasteiger partial charge in [0.2, 0.25) is 0 Å². The Hall–Kier alpha value is -2.63. The third kappa shape index (κ3) is 4.52. The summed E-state index contributed by atoms with van der Waals surface area (Å²) in [5.41, 5.74) is 1.11. The highest BCUT2D eigenvalue weighted by molar-refractivity contribution is 6.01. The van der Waals surface area contributed by atoms with E-state index in [1.54, 1.807) is 6.92 Å². The number of amides is 1. The zero-order chi connectivity index (χ0) is 21.8. The predicted octanol–water partition coefficient (Wildman–Crippen LogP) is 4.09. The molecule has 0 aromatic heterocycles. The van der Waals surface area contributed by atoms with Gasteiger partial charge >= 0.3 is 12.1 Å². The lowest BCUT2D eigenvalue weighted by atomic mass is 9.74. The Bertz CT molecular complexity index is 780. The van der Waals surface area contributed by atoms with E-state index in [1.807, 2.05) is 52.0 Å². The zero-order valence-corrected chi connectivity index (χ0v) is 17.9. The van der Waals surface area contributed by atoms with Crippen molar-refractivity contribution in [3.05, 3.63) is 48.0 Å². The van der Waals surface area contributed by atoms with E-state index >= 15 is 0 Å². The first kappa shape index (κ1) is 22.7. The smallest absolute Gasteiger partial charge is 0.411 e. The van der Waals surface area contributed by atoms with Crippen LogP contribution < -0.4 is 0 Å². The molecule has 0 saturated carbocycles. The summed E-state index contributed by atoms with van der Waals surface area (Å²) in [5.74, 6) is -1.48. The van der Waals surface area contributed by atoms with Crippen molar-refractivity contribution in [1.29, 1.82) is 0 Å². The third-order valence-corrected chi connectivity index (χ3v) is 5.20. The maximum absolute atomic E-state index is 13.7. The standard InChI is InChI=1S/C23H31NO5/c1-7-14-29-22(27)24-18(16-13-11-10-12-15(16)8-2)20(25)17(23(4,5)6)19(24)21(26)28-9-3/h7,10-13,17-19H,1,8-9,14H2,2-6H3/t17-,18+,19+/m1/s1. The largest absolute Gasteiger partial charge is 0.464 e. The fraction of sp³-hybridized carbons (Fsp3) is 0.522. The number of rotatable bonds is 6. The van der Waals surface area contributed by atoms with E-state index in [1.165, 1.54) is 11.0 Å². The van der Waals surface area contributed by atoms with Crippen molar-refractivity contribution < 1.29 is 23.9 Å². The molecular weight excluding hydrogens is 370 g/mol. The maximum atomic E-state index is 13.7. The molecule has 1 aromatic rings. The lowest BCUT2D eigenvalue weighted by molar-refractivity contribution is -0.151. The van der Waals surface area contributed by atoms with Gasteiger partial charge in [0.25, 0.3) is 0 Å². The first-order chi connectivity index (χ1) is 13.7. The van der Waals surface area contributed by atoms with Crippen LogP contribution in [0.5, 0.6) is 0 Å². The van der Waals surface area contributed by atoms with Gasteiger partial charge in [0.05, 0.1) is 12.5 Å². The van der Waals surface area contributed by atoms with Crippen LogP contribution in [0.25, 0.3) is 0 Å². The monoisotopic (exact) mass is 401 g/mol. The summed E-state index contributed by atoms with van der Waals surface area (Å²) >= 11 is 0. The average molecular weight is 402 g/mol. The number of aryl methyl sites for hydroxylation is 1. The molecule has 3 atom stereocenters. The average Bonchev–Trinajstić information content (AvgIpc) is 2.99. The predicted molar refractivity (Wildman–Crippen MR) is 110 cm³/mol. The van der Waals surface area contributed by atoms with Crippen molar-refractivity contribution in [2.24, 2.45) is 11.3 Å². The van der Waals surface area contributed by atoms with Crippen LogP contribution in [0.2, 0.25) is 0 Å². The lowest BCUT2D eigenvalue weighted by Crippen LogP contribution is -2.48. The fourth-order valence-electron chi connectivity index (χ4n) is 4.01. The number of hydrogen-bond donors (Lipinski definition) is 0. The highest BCUT2D eigenvalue weighted by Gasteiger charge is 2.59. The van der Waals surface area contributed by atoms with Gasteiger partial charge in [-0.3, -0.25) is 9.69 Å². The molecule has 6 nitrogen and oxygen atoms in total. The van der Waals surface area contributed by atoms with E-state index in [-0.39, 0.29) is 19.0 Å². The number of ether oxygens (including phenoxy) is 2. The Balaban J connectivity index is 2.67. The highest BCUT2D eigenvalue weighted by Crippen LogP contribution is 2.46. The molecule has 1 saturated heterocycles. The Kier molecular flexibility index (Phi) is 7.22. The Labute approximate surface area is 172 Å². The van der Waals surface area contributed by atoms with Crippen molar-refractivity contribution in [1.82, 2.24) is 4.90 Å². The van der Waals surface area contributed by atoms with Crippen LogP contribution in [0.1, 0.15) is 51.8 Å². The number of esters is 1. The van der Waals surface area contributed by atoms with Gasteiger partial charge in [-0.25, -0.2) is 9.59 Å². The van der Waals surface area contributed by atoms with E-state index in [0.717, 1.165) is 11.1 Å². The molecule has 1 fully saturated rings. The first-order valence-corrected chi connectivity index (χ1v) is 10.0. The summed E-state index contributed by atoms with van der Waals surface area (Å²) in [6.45, 7) is 13.1. The SMILES string of the molecule is C=CCOC(=O)N1[C@@H](c2ccccc2CC)C(=O)[C@H](C(C)(C)C)[C@H]1C(=O)OCC. The molecule has 0 radical (unpaired) electrons. The zero-order valence-electron chi connectivity index (χ0n) is 17.9. The number of Topliss-reactive ketones (excluding diaryl/α,β-unsaturated/α-hetero) is 1. The topological polar surface area (TPSA) is 72.9 Å². The van der Waals surface area contributed by atoms with Gasteiger partial charge in [-0.15, -0.1) is 0 Å². The number of carbonyl (C=O) groups excluding carboxylic acids is 3. The molecule has 1 aliphatic heterocycles. The van der Waals surface area contributed by atoms with E-state index in [9.17, 15) is 14.4 Å². The van der Waals surface area contributed by atoms with Crippen molar-refractivity contribution in [2.45, 2.75) is 53.1 Å². The van der Waals surface area contributed by atoms with Gasteiger partial charge in [-0.05, 0) is 29.9 Å². The van der Waals surface area contributed by atoms with Gasteiger partial charge < -0.3 is 9.47 Å². The molecule has 2 rings (SSSR count). The molecule has 1 aromatic carbocycles. The van der Waals surface area contributed by atoms with E-state index in [0.29, 0.717) is 6.42 Å². The molecule has 1 amide bonds. The van der Waals surface area contributed by atoms with Crippen LogP contribution in [0, 0.1) is 11.3 Å². The number of ketones is 1. The van der Waals surface area contributed by atoms with Crippen LogP contribution >= 0.6 is 0 Å². The molecule has 29 heavy (non-hydrogen) atoms. The lowest BCUT2D eigenvalue weighted by Gasteiger charge is -2.32. The highest BCUT2D eigenvalue weighted by atomic mass is 16.6. The van der Waals surface area contributed by atoms with E-state index < -0.39 is 35.5 Å². The minimum absolute atomic E-state index is 0.0125. The van der Waals surface area contributed by atoms with Crippen LogP contribution in [-0.4, -0.2) is 42.0 Å². The fourth-order valence-corrected chi connectivity index (χ4v) is 4.01. The third-order valence-electron chi connectivity index (χ3n) is 5.20. The molecule has 0 unspecified atom stereocenters. The van der Waals surface area contributed by atoms with Gasteiger partial charge in [0.1, 0.15) is 18.7 Å². The second-order valence-electron chi connectivity index (χ2n) is 8.17. The maximum Gasteiger partial charge on any atom is 0.411 e. The molecular formula is C23H31NO5. The van der Waals surface area contributed by atoms with Gasteiger partial charge in [0, 0.05) is 0 Å². The minimum atomic E-state index is -1.05. The Morgan fingerprint density at radius 2 is 1.83 bits per heavy atom.